The van der Waals surface area contributed by atoms with Gasteiger partial charge in [-0.3, -0.25) is 0 Å². The molecule has 5 rings (SSSR count). The molecule has 4 aromatic rings. The van der Waals surface area contributed by atoms with Crippen molar-refractivity contribution in [3.05, 3.63) is 83.7 Å². The summed E-state index contributed by atoms with van der Waals surface area (Å²) in [6.07, 6.45) is 4.31. The highest BCUT2D eigenvalue weighted by Crippen LogP contribution is 2.42. The van der Waals surface area contributed by atoms with Crippen LogP contribution in [0.3, 0.4) is 0 Å². The second-order valence-electron chi connectivity index (χ2n) is 10.6. The third-order valence-electron chi connectivity index (χ3n) is 7.61. The summed E-state index contributed by atoms with van der Waals surface area (Å²) in [6, 6.07) is 22.0. The van der Waals surface area contributed by atoms with Gasteiger partial charge in [0.25, 0.3) is 14.0 Å². The first kappa shape index (κ1) is 25.4. The lowest BCUT2D eigenvalue weighted by Crippen LogP contribution is -2.65. The van der Waals surface area contributed by atoms with Gasteiger partial charge in [-0.2, -0.15) is 0 Å². The zero-order valence-electron chi connectivity index (χ0n) is 21.7. The van der Waals surface area contributed by atoms with Gasteiger partial charge in [0, 0.05) is 11.6 Å². The summed E-state index contributed by atoms with van der Waals surface area (Å²) in [5.74, 6) is 0.0158. The van der Waals surface area contributed by atoms with Crippen LogP contribution in [0.15, 0.2) is 71.3 Å². The number of rotatable bonds is 10. The molecule has 1 saturated carbocycles. The van der Waals surface area contributed by atoms with Gasteiger partial charge in [-0.15, -0.1) is 0 Å². The molecular formula is C30H34N2O4Si. The third-order valence-corrected chi connectivity index (χ3v) is 12.2. The monoisotopic (exact) mass is 514 g/mol. The van der Waals surface area contributed by atoms with E-state index in [-0.39, 0.29) is 11.0 Å². The Morgan fingerprint density at radius 3 is 2.27 bits per heavy atom. The van der Waals surface area contributed by atoms with Gasteiger partial charge >= 0.3 is 5.97 Å². The number of aryl methyl sites for hydroxylation is 1. The Morgan fingerprint density at radius 1 is 1.08 bits per heavy atom. The third kappa shape index (κ3) is 4.85. The molecule has 1 fully saturated rings. The van der Waals surface area contributed by atoms with Crippen molar-refractivity contribution in [3.8, 4) is 0 Å². The number of aromatic nitrogens is 2. The normalized spacial score (nSPS) is 14.2. The summed E-state index contributed by atoms with van der Waals surface area (Å²) in [5, 5.41) is 6.61. The average Bonchev–Trinajstić information content (AvgIpc) is 3.69. The standard InChI is InChI=1S/C30H34N2O4Si/c1-4-35-29(33)24-20-26(21-17-18-21)31-28-27(24)25(32-36-28)16-11-19-30(2,3)37(34,22-12-7-5-8-13-22)23-14-9-6-10-15-23/h5-10,12-15,20-21,34H,4,11,16-19H2,1-3H3. The number of nitrogens with zero attached hydrogens (tertiary/aromatic N) is 2. The quantitative estimate of drug-likeness (QED) is 0.233. The smallest absolute Gasteiger partial charge is 0.339 e. The van der Waals surface area contributed by atoms with Crippen LogP contribution in [0.4, 0.5) is 0 Å². The molecular weight excluding hydrogens is 480 g/mol. The first-order valence-corrected chi connectivity index (χ1v) is 15.1. The van der Waals surface area contributed by atoms with Crippen molar-refractivity contribution in [2.45, 2.75) is 63.8 Å². The lowest BCUT2D eigenvalue weighted by Gasteiger charge is -2.41. The zero-order chi connectivity index (χ0) is 26.0. The second-order valence-corrected chi connectivity index (χ2v) is 14.5. The van der Waals surface area contributed by atoms with Crippen LogP contribution in [0.25, 0.3) is 11.1 Å². The molecule has 0 saturated heterocycles. The Bertz CT molecular complexity index is 1340. The van der Waals surface area contributed by atoms with E-state index in [1.807, 2.05) is 66.7 Å². The van der Waals surface area contributed by atoms with Gasteiger partial charge in [0.15, 0.2) is 0 Å². The fraction of sp³-hybridized carbons (Fsp3) is 0.367. The molecule has 0 bridgehead atoms. The van der Waals surface area contributed by atoms with Crippen LogP contribution < -0.4 is 10.4 Å². The van der Waals surface area contributed by atoms with E-state index in [1.165, 1.54) is 0 Å². The molecule has 37 heavy (non-hydrogen) atoms. The van der Waals surface area contributed by atoms with E-state index in [4.69, 9.17) is 9.26 Å². The summed E-state index contributed by atoms with van der Waals surface area (Å²) in [4.78, 5) is 29.9. The fourth-order valence-electron chi connectivity index (χ4n) is 5.34. The molecule has 0 amide bonds. The Morgan fingerprint density at radius 2 is 1.70 bits per heavy atom. The van der Waals surface area contributed by atoms with Crippen LogP contribution in [0, 0.1) is 0 Å². The molecule has 0 unspecified atom stereocenters. The fourth-order valence-corrected chi connectivity index (χ4v) is 9.13. The van der Waals surface area contributed by atoms with E-state index in [1.54, 1.807) is 6.92 Å². The number of hydrogen-bond acceptors (Lipinski definition) is 6. The van der Waals surface area contributed by atoms with Crippen molar-refractivity contribution < 1.29 is 18.9 Å². The molecule has 2 heterocycles. The van der Waals surface area contributed by atoms with Gasteiger partial charge in [0.1, 0.15) is 0 Å². The molecule has 2 aromatic heterocycles. The average molecular weight is 515 g/mol. The van der Waals surface area contributed by atoms with Crippen molar-refractivity contribution in [1.82, 2.24) is 10.1 Å². The molecule has 0 atom stereocenters. The highest BCUT2D eigenvalue weighted by molar-refractivity contribution is 6.98. The van der Waals surface area contributed by atoms with E-state index < -0.39 is 8.32 Å². The highest BCUT2D eigenvalue weighted by atomic mass is 28.4. The summed E-state index contributed by atoms with van der Waals surface area (Å²) < 4.78 is 11.0. The van der Waals surface area contributed by atoms with Crippen LogP contribution in [0.2, 0.25) is 5.04 Å². The van der Waals surface area contributed by atoms with Gasteiger partial charge < -0.3 is 14.1 Å². The number of hydrogen-bond donors (Lipinski definition) is 1. The van der Waals surface area contributed by atoms with Crippen LogP contribution in [-0.2, 0) is 11.2 Å². The minimum atomic E-state index is -3.09. The number of pyridine rings is 1. The van der Waals surface area contributed by atoms with Crippen LogP contribution in [0.1, 0.15) is 74.1 Å². The topological polar surface area (TPSA) is 85.5 Å². The predicted octanol–water partition coefficient (Wildman–Crippen LogP) is 5.13. The maximum absolute atomic E-state index is 12.8. The Labute approximate surface area is 218 Å². The number of carbonyl (C=O) groups excluding carboxylic acids is 1. The Kier molecular flexibility index (Phi) is 7.01. The molecule has 192 valence electrons. The maximum Gasteiger partial charge on any atom is 0.339 e. The van der Waals surface area contributed by atoms with Gasteiger partial charge in [0.05, 0.1) is 23.3 Å². The first-order valence-electron chi connectivity index (χ1n) is 13.1. The predicted molar refractivity (Wildman–Crippen MR) is 147 cm³/mol. The highest BCUT2D eigenvalue weighted by Gasteiger charge is 2.49. The second kappa shape index (κ2) is 10.2. The summed E-state index contributed by atoms with van der Waals surface area (Å²) >= 11 is 0. The molecule has 0 spiro atoms. The Balaban J connectivity index is 1.43. The van der Waals surface area contributed by atoms with Crippen molar-refractivity contribution >= 4 is 35.8 Å². The molecule has 1 aliphatic carbocycles. The van der Waals surface area contributed by atoms with Crippen molar-refractivity contribution in [2.24, 2.45) is 0 Å². The number of carbonyl (C=O) groups is 1. The van der Waals surface area contributed by atoms with E-state index in [0.717, 1.165) is 41.8 Å². The van der Waals surface area contributed by atoms with E-state index in [9.17, 15) is 9.59 Å². The number of ether oxygens (including phenoxy) is 1. The lowest BCUT2D eigenvalue weighted by molar-refractivity contribution is 0.0528. The van der Waals surface area contributed by atoms with Gasteiger partial charge in [0.2, 0.25) is 0 Å². The minimum absolute atomic E-state index is 0.304. The SMILES string of the molecule is CCOC(=O)c1cc(C2CC2)nc2onc(CCCC(C)(C)[Si](O)(c3ccccc3)c3ccccc3)c12. The minimum Gasteiger partial charge on any atom is -0.462 e. The number of fused-ring (bicyclic) bond motifs is 1. The summed E-state index contributed by atoms with van der Waals surface area (Å²) in [5.41, 5.74) is 2.49. The van der Waals surface area contributed by atoms with Gasteiger partial charge in [-0.1, -0.05) is 79.7 Å². The van der Waals surface area contributed by atoms with Crippen LogP contribution >= 0.6 is 0 Å². The largest absolute Gasteiger partial charge is 0.462 e. The maximum atomic E-state index is 12.8. The molecule has 1 N–H and O–H groups in total. The summed E-state index contributed by atoms with van der Waals surface area (Å²) in [6.45, 7) is 6.43. The van der Waals surface area contributed by atoms with Crippen LogP contribution in [-0.4, -0.2) is 35.8 Å². The lowest BCUT2D eigenvalue weighted by atomic mass is 10.0. The summed E-state index contributed by atoms with van der Waals surface area (Å²) in [7, 11) is -3.09. The molecule has 0 aliphatic heterocycles. The zero-order valence-corrected chi connectivity index (χ0v) is 22.7. The molecule has 1 aliphatic rings. The van der Waals surface area contributed by atoms with E-state index >= 15 is 0 Å². The molecule has 7 heteroatoms. The first-order chi connectivity index (χ1) is 17.8. The molecule has 0 radical (unpaired) electrons. The van der Waals surface area contributed by atoms with Crippen molar-refractivity contribution in [3.63, 3.8) is 0 Å². The molecule has 2 aromatic carbocycles. The number of esters is 1. The van der Waals surface area contributed by atoms with Gasteiger partial charge in [-0.25, -0.2) is 9.78 Å². The van der Waals surface area contributed by atoms with Gasteiger partial charge in [-0.05, 0) is 60.5 Å². The van der Waals surface area contributed by atoms with E-state index in [2.05, 4.69) is 24.0 Å². The Hall–Kier alpha value is -3.29. The molecule has 6 nitrogen and oxygen atoms in total. The van der Waals surface area contributed by atoms with Crippen molar-refractivity contribution in [2.75, 3.05) is 6.61 Å². The van der Waals surface area contributed by atoms with E-state index in [0.29, 0.717) is 41.3 Å². The number of benzene rings is 2. The van der Waals surface area contributed by atoms with Crippen LogP contribution in [0.5, 0.6) is 0 Å². The van der Waals surface area contributed by atoms with Crippen molar-refractivity contribution in [1.29, 1.82) is 0 Å².